The third-order valence-corrected chi connectivity index (χ3v) is 5.80. The molecule has 8 heteroatoms. The summed E-state index contributed by atoms with van der Waals surface area (Å²) in [6.07, 6.45) is -0.755. The van der Waals surface area contributed by atoms with Crippen molar-refractivity contribution in [3.8, 4) is 0 Å². The van der Waals surface area contributed by atoms with Crippen molar-refractivity contribution in [1.29, 1.82) is 0 Å². The summed E-state index contributed by atoms with van der Waals surface area (Å²) in [6.45, 7) is 15.2. The predicted molar refractivity (Wildman–Crippen MR) is 120 cm³/mol. The van der Waals surface area contributed by atoms with Crippen LogP contribution in [0.5, 0.6) is 0 Å². The maximum absolute atomic E-state index is 11.2. The summed E-state index contributed by atoms with van der Waals surface area (Å²) in [6, 6.07) is 2.25. The van der Waals surface area contributed by atoms with Gasteiger partial charge in [-0.2, -0.15) is 0 Å². The second kappa shape index (κ2) is 12.7. The third kappa shape index (κ3) is 9.58. The molecule has 0 aliphatic heterocycles. The summed E-state index contributed by atoms with van der Waals surface area (Å²) < 4.78 is 10.8. The molecule has 0 saturated carbocycles. The average molecular weight is 526 g/mol. The number of hydrogen-bond donors (Lipinski definition) is 2. The van der Waals surface area contributed by atoms with Crippen LogP contribution in [0.1, 0.15) is 49.9 Å². The number of aliphatic hydroxyl groups excluding tert-OH is 2. The van der Waals surface area contributed by atoms with Crippen molar-refractivity contribution in [2.75, 3.05) is 0 Å². The molecular formula is C20H31IO6S. The molecule has 0 saturated heterocycles. The Balaban J connectivity index is 0.000000567. The molecule has 0 aromatic heterocycles. The van der Waals surface area contributed by atoms with Crippen LogP contribution in [0.15, 0.2) is 6.07 Å². The number of halogens is 1. The van der Waals surface area contributed by atoms with Crippen LogP contribution in [0, 0.1) is 31.3 Å². The smallest absolute Gasteiger partial charge is 0.345 e. The van der Waals surface area contributed by atoms with E-state index in [4.69, 9.17) is 9.47 Å². The minimum atomic E-state index is -1.62. The van der Waals surface area contributed by atoms with Gasteiger partial charge in [-0.1, -0.05) is 11.8 Å². The van der Waals surface area contributed by atoms with Crippen LogP contribution in [-0.4, -0.2) is 45.2 Å². The van der Waals surface area contributed by atoms with E-state index in [9.17, 15) is 19.8 Å². The van der Waals surface area contributed by atoms with Gasteiger partial charge < -0.3 is 19.7 Å². The molecule has 1 rings (SSSR count). The van der Waals surface area contributed by atoms with Crippen molar-refractivity contribution in [3.63, 3.8) is 0 Å². The Bertz CT molecular complexity index is 623. The summed E-state index contributed by atoms with van der Waals surface area (Å²) in [5, 5.41) is 18.7. The average Bonchev–Trinajstić information content (AvgIpc) is 2.57. The van der Waals surface area contributed by atoms with Gasteiger partial charge >= 0.3 is 11.9 Å². The Hall–Kier alpha value is -0.840. The SMILES string of the molecule is CC(C)OC(=O)C(O)SC(O)C(=O)OC(C)C.Cc1cc(I)c(C)c(C)c1C. The minimum Gasteiger partial charge on any atom is -0.460 e. The normalized spacial score (nSPS) is 12.9. The summed E-state index contributed by atoms with van der Waals surface area (Å²) in [4.78, 5) is 22.4. The molecule has 0 bridgehead atoms. The zero-order chi connectivity index (χ0) is 22.2. The van der Waals surface area contributed by atoms with E-state index in [2.05, 4.69) is 56.4 Å². The maximum Gasteiger partial charge on any atom is 0.345 e. The first-order valence-electron chi connectivity index (χ1n) is 8.93. The lowest BCUT2D eigenvalue weighted by Crippen LogP contribution is -2.30. The van der Waals surface area contributed by atoms with Gasteiger partial charge in [0.15, 0.2) is 0 Å². The van der Waals surface area contributed by atoms with Gasteiger partial charge in [-0.15, -0.1) is 0 Å². The summed E-state index contributed by atoms with van der Waals surface area (Å²) >= 11 is 2.75. The number of benzene rings is 1. The lowest BCUT2D eigenvalue weighted by atomic mass is 10.0. The minimum absolute atomic E-state index is 0.362. The summed E-state index contributed by atoms with van der Waals surface area (Å²) in [5.74, 6) is -1.80. The monoisotopic (exact) mass is 526 g/mol. The fraction of sp³-hybridized carbons (Fsp3) is 0.600. The number of rotatable bonds is 6. The molecular weight excluding hydrogens is 495 g/mol. The van der Waals surface area contributed by atoms with Gasteiger partial charge in [-0.05, 0) is 106 Å². The summed E-state index contributed by atoms with van der Waals surface area (Å²) in [5.41, 5.74) is 2.46. The number of carbonyl (C=O) groups is 2. The van der Waals surface area contributed by atoms with E-state index in [0.717, 1.165) is 0 Å². The van der Waals surface area contributed by atoms with Crippen molar-refractivity contribution in [2.24, 2.45) is 0 Å². The largest absolute Gasteiger partial charge is 0.460 e. The van der Waals surface area contributed by atoms with Crippen LogP contribution >= 0.6 is 34.4 Å². The molecule has 0 aliphatic rings. The second-order valence-electron chi connectivity index (χ2n) is 6.86. The van der Waals surface area contributed by atoms with Crippen molar-refractivity contribution < 1.29 is 29.3 Å². The second-order valence-corrected chi connectivity index (χ2v) is 9.19. The van der Waals surface area contributed by atoms with Crippen molar-refractivity contribution >= 4 is 46.3 Å². The highest BCUT2D eigenvalue weighted by atomic mass is 127. The van der Waals surface area contributed by atoms with Gasteiger partial charge in [0, 0.05) is 3.57 Å². The molecule has 0 heterocycles. The van der Waals surface area contributed by atoms with Gasteiger partial charge in [0.05, 0.1) is 12.2 Å². The van der Waals surface area contributed by atoms with Crippen molar-refractivity contribution in [3.05, 3.63) is 31.9 Å². The van der Waals surface area contributed by atoms with Crippen LogP contribution in [0.3, 0.4) is 0 Å². The maximum atomic E-state index is 11.2. The van der Waals surface area contributed by atoms with Crippen LogP contribution in [-0.2, 0) is 19.1 Å². The molecule has 28 heavy (non-hydrogen) atoms. The molecule has 2 unspecified atom stereocenters. The Morgan fingerprint density at radius 2 is 1.25 bits per heavy atom. The van der Waals surface area contributed by atoms with Gasteiger partial charge in [0.1, 0.15) is 0 Å². The Morgan fingerprint density at radius 3 is 1.61 bits per heavy atom. The number of ether oxygens (including phenoxy) is 2. The molecule has 0 radical (unpaired) electrons. The van der Waals surface area contributed by atoms with E-state index >= 15 is 0 Å². The topological polar surface area (TPSA) is 93.1 Å². The molecule has 0 amide bonds. The fourth-order valence-electron chi connectivity index (χ4n) is 1.98. The summed E-state index contributed by atoms with van der Waals surface area (Å²) in [7, 11) is 0. The first-order chi connectivity index (χ1) is 12.8. The Kier molecular flexibility index (Phi) is 12.3. The highest BCUT2D eigenvalue weighted by Crippen LogP contribution is 2.22. The van der Waals surface area contributed by atoms with E-state index < -0.39 is 22.8 Å². The highest BCUT2D eigenvalue weighted by Gasteiger charge is 2.27. The molecule has 160 valence electrons. The van der Waals surface area contributed by atoms with Crippen molar-refractivity contribution in [1.82, 2.24) is 0 Å². The number of hydrogen-bond acceptors (Lipinski definition) is 7. The van der Waals surface area contributed by atoms with Crippen LogP contribution in [0.4, 0.5) is 0 Å². The molecule has 6 nitrogen and oxygen atoms in total. The zero-order valence-electron chi connectivity index (χ0n) is 17.7. The van der Waals surface area contributed by atoms with Gasteiger partial charge in [0.2, 0.25) is 10.9 Å². The number of thioether (sulfide) groups is 1. The van der Waals surface area contributed by atoms with Gasteiger partial charge in [-0.3, -0.25) is 0 Å². The number of carbonyl (C=O) groups excluding carboxylic acids is 2. The predicted octanol–water partition coefficient (Wildman–Crippen LogP) is 3.78. The quantitative estimate of drug-likeness (QED) is 0.331. The Labute approximate surface area is 185 Å². The van der Waals surface area contributed by atoms with E-state index in [-0.39, 0.29) is 12.2 Å². The first-order valence-corrected chi connectivity index (χ1v) is 11.0. The number of aryl methyl sites for hydroxylation is 1. The number of esters is 2. The highest BCUT2D eigenvalue weighted by molar-refractivity contribution is 14.1. The zero-order valence-corrected chi connectivity index (χ0v) is 20.7. The molecule has 1 aromatic rings. The van der Waals surface area contributed by atoms with Crippen molar-refractivity contribution in [2.45, 2.75) is 78.5 Å². The molecule has 1 aromatic carbocycles. The van der Waals surface area contributed by atoms with Crippen LogP contribution in [0.25, 0.3) is 0 Å². The molecule has 0 spiro atoms. The van der Waals surface area contributed by atoms with Gasteiger partial charge in [-0.25, -0.2) is 9.59 Å². The molecule has 0 aliphatic carbocycles. The number of aliphatic hydroxyl groups is 2. The fourth-order valence-corrected chi connectivity index (χ4v) is 3.43. The lowest BCUT2D eigenvalue weighted by molar-refractivity contribution is -0.153. The van der Waals surface area contributed by atoms with E-state index in [0.29, 0.717) is 11.8 Å². The van der Waals surface area contributed by atoms with Crippen LogP contribution in [0.2, 0.25) is 0 Å². The molecule has 2 N–H and O–H groups in total. The van der Waals surface area contributed by atoms with Gasteiger partial charge in [0.25, 0.3) is 0 Å². The third-order valence-electron chi connectivity index (χ3n) is 3.78. The van der Waals surface area contributed by atoms with Crippen LogP contribution < -0.4 is 0 Å². The molecule has 0 fully saturated rings. The van der Waals surface area contributed by atoms with E-state index in [1.165, 1.54) is 25.8 Å². The van der Waals surface area contributed by atoms with E-state index in [1.54, 1.807) is 27.7 Å². The van der Waals surface area contributed by atoms with E-state index in [1.807, 2.05) is 0 Å². The standard InChI is InChI=1S/C10H13I.C10H18O6S/c1-6-5-10(11)9(4)8(3)7(6)2;1-5(2)15-7(11)9(13)17-10(14)8(12)16-6(3)4/h5H,1-4H3;5-6,9-10,13-14H,1-4H3. The first kappa shape index (κ1) is 27.2. The molecule has 2 atom stereocenters. The lowest BCUT2D eigenvalue weighted by Gasteiger charge is -2.16. The Morgan fingerprint density at radius 1 is 0.857 bits per heavy atom.